The van der Waals surface area contributed by atoms with Gasteiger partial charge in [-0.05, 0) is 66.9 Å². The molecule has 4 rings (SSSR count). The second-order valence-corrected chi connectivity index (χ2v) is 8.51. The van der Waals surface area contributed by atoms with Crippen LogP contribution in [0.15, 0.2) is 77.7 Å². The second-order valence-electron chi connectivity index (χ2n) is 6.83. The number of nitrogens with zero attached hydrogens (tertiary/aromatic N) is 1. The van der Waals surface area contributed by atoms with Crippen LogP contribution < -0.4 is 9.62 Å². The number of anilines is 2. The van der Waals surface area contributed by atoms with Crippen molar-refractivity contribution < 1.29 is 17.6 Å². The summed E-state index contributed by atoms with van der Waals surface area (Å²) in [5, 5.41) is 0. The normalized spacial score (nSPS) is 13.6. The third-order valence-electron chi connectivity index (χ3n) is 4.85. The summed E-state index contributed by atoms with van der Waals surface area (Å²) in [7, 11) is -3.87. The first-order valence-electron chi connectivity index (χ1n) is 9.22. The Kier molecular flexibility index (Phi) is 5.07. The molecule has 1 aliphatic heterocycles. The molecule has 29 heavy (non-hydrogen) atoms. The van der Waals surface area contributed by atoms with E-state index >= 15 is 0 Å². The number of rotatable bonds is 4. The molecule has 7 heteroatoms. The molecule has 0 unspecified atom stereocenters. The number of amides is 1. The van der Waals surface area contributed by atoms with E-state index in [9.17, 15) is 17.6 Å². The summed E-state index contributed by atoms with van der Waals surface area (Å²) in [5.41, 5.74) is 2.62. The molecule has 0 bridgehead atoms. The molecule has 5 nitrogen and oxygen atoms in total. The molecule has 0 aromatic heterocycles. The standard InChI is InChI=1S/C22H19FN2O3S/c23-18-9-12-20(13-10-18)29(27,28)24-19-11-8-16-7-4-14-25(21(16)15-19)22(26)17-5-2-1-3-6-17/h1-3,5-6,8-13,15,24H,4,7,14H2. The first-order valence-corrected chi connectivity index (χ1v) is 10.7. The Labute approximate surface area is 168 Å². The van der Waals surface area contributed by atoms with Crippen molar-refractivity contribution in [2.45, 2.75) is 17.7 Å². The molecule has 0 saturated carbocycles. The Morgan fingerprint density at radius 3 is 2.41 bits per heavy atom. The summed E-state index contributed by atoms with van der Waals surface area (Å²) in [6, 6.07) is 18.8. The number of sulfonamides is 1. The zero-order valence-electron chi connectivity index (χ0n) is 15.5. The van der Waals surface area contributed by atoms with Gasteiger partial charge in [0.2, 0.25) is 0 Å². The maximum absolute atomic E-state index is 13.1. The summed E-state index contributed by atoms with van der Waals surface area (Å²) >= 11 is 0. The number of carbonyl (C=O) groups is 1. The zero-order valence-corrected chi connectivity index (χ0v) is 16.3. The van der Waals surface area contributed by atoms with Gasteiger partial charge in [0.15, 0.2) is 0 Å². The van der Waals surface area contributed by atoms with Crippen LogP contribution in [-0.2, 0) is 16.4 Å². The first-order chi connectivity index (χ1) is 13.9. The summed E-state index contributed by atoms with van der Waals surface area (Å²) in [4.78, 5) is 14.6. The first kappa shape index (κ1) is 19.1. The molecule has 148 valence electrons. The van der Waals surface area contributed by atoms with Crippen LogP contribution in [0.3, 0.4) is 0 Å². The van der Waals surface area contributed by atoms with Gasteiger partial charge >= 0.3 is 0 Å². The van der Waals surface area contributed by atoms with E-state index < -0.39 is 15.8 Å². The SMILES string of the molecule is O=C(c1ccccc1)N1CCCc2ccc(NS(=O)(=O)c3ccc(F)cc3)cc21. The lowest BCUT2D eigenvalue weighted by atomic mass is 10.00. The monoisotopic (exact) mass is 410 g/mol. The third kappa shape index (κ3) is 4.00. The molecule has 0 atom stereocenters. The van der Waals surface area contributed by atoms with E-state index in [0.717, 1.165) is 30.5 Å². The lowest BCUT2D eigenvalue weighted by molar-refractivity contribution is 0.0985. The van der Waals surface area contributed by atoms with Crippen molar-refractivity contribution in [3.05, 3.63) is 89.7 Å². The van der Waals surface area contributed by atoms with Crippen molar-refractivity contribution in [3.8, 4) is 0 Å². The molecule has 0 radical (unpaired) electrons. The number of halogens is 1. The van der Waals surface area contributed by atoms with Gasteiger partial charge in [0.05, 0.1) is 10.6 Å². The van der Waals surface area contributed by atoms with E-state index in [0.29, 0.717) is 23.5 Å². The highest BCUT2D eigenvalue weighted by molar-refractivity contribution is 7.92. The highest BCUT2D eigenvalue weighted by atomic mass is 32.2. The van der Waals surface area contributed by atoms with Gasteiger partial charge in [0.25, 0.3) is 15.9 Å². The highest BCUT2D eigenvalue weighted by Crippen LogP contribution is 2.32. The molecule has 0 saturated heterocycles. The molecule has 1 amide bonds. The van der Waals surface area contributed by atoms with Crippen molar-refractivity contribution in [3.63, 3.8) is 0 Å². The van der Waals surface area contributed by atoms with Crippen LogP contribution in [0.2, 0.25) is 0 Å². The average molecular weight is 410 g/mol. The van der Waals surface area contributed by atoms with E-state index in [4.69, 9.17) is 0 Å². The van der Waals surface area contributed by atoms with Crippen LogP contribution in [-0.4, -0.2) is 20.9 Å². The van der Waals surface area contributed by atoms with Crippen LogP contribution in [0, 0.1) is 5.82 Å². The largest absolute Gasteiger partial charge is 0.308 e. The minimum Gasteiger partial charge on any atom is -0.308 e. The van der Waals surface area contributed by atoms with Gasteiger partial charge in [-0.25, -0.2) is 12.8 Å². The number of aryl methyl sites for hydroxylation is 1. The Balaban J connectivity index is 1.65. The number of hydrogen-bond acceptors (Lipinski definition) is 3. The number of nitrogens with one attached hydrogen (secondary N) is 1. The Hall–Kier alpha value is -3.19. The second kappa shape index (κ2) is 7.67. The molecule has 3 aromatic rings. The minimum atomic E-state index is -3.87. The van der Waals surface area contributed by atoms with Gasteiger partial charge in [-0.15, -0.1) is 0 Å². The maximum Gasteiger partial charge on any atom is 0.261 e. The lowest BCUT2D eigenvalue weighted by Crippen LogP contribution is -2.35. The van der Waals surface area contributed by atoms with E-state index in [1.165, 1.54) is 12.1 Å². The third-order valence-corrected chi connectivity index (χ3v) is 6.24. The fourth-order valence-corrected chi connectivity index (χ4v) is 4.46. The van der Waals surface area contributed by atoms with Crippen molar-refractivity contribution >= 4 is 27.3 Å². The van der Waals surface area contributed by atoms with Crippen molar-refractivity contribution in [2.24, 2.45) is 0 Å². The zero-order chi connectivity index (χ0) is 20.4. The molecule has 0 aliphatic carbocycles. The Bertz CT molecular complexity index is 1150. The molecular formula is C22H19FN2O3S. The van der Waals surface area contributed by atoms with Gasteiger partial charge in [0, 0.05) is 17.8 Å². The van der Waals surface area contributed by atoms with E-state index in [1.807, 2.05) is 24.3 Å². The number of benzene rings is 3. The lowest BCUT2D eigenvalue weighted by Gasteiger charge is -2.30. The fourth-order valence-electron chi connectivity index (χ4n) is 3.41. The smallest absolute Gasteiger partial charge is 0.261 e. The van der Waals surface area contributed by atoms with Crippen LogP contribution in [0.1, 0.15) is 22.3 Å². The molecular weight excluding hydrogens is 391 g/mol. The van der Waals surface area contributed by atoms with Gasteiger partial charge in [0.1, 0.15) is 5.82 Å². The van der Waals surface area contributed by atoms with Crippen LogP contribution in [0.25, 0.3) is 0 Å². The molecule has 1 N–H and O–H groups in total. The predicted molar refractivity (Wildman–Crippen MR) is 110 cm³/mol. The fraction of sp³-hybridized carbons (Fsp3) is 0.136. The number of carbonyl (C=O) groups excluding carboxylic acids is 1. The van der Waals surface area contributed by atoms with Gasteiger partial charge in [-0.2, -0.15) is 0 Å². The summed E-state index contributed by atoms with van der Waals surface area (Å²) in [6.45, 7) is 0.564. The molecule has 0 fully saturated rings. The van der Waals surface area contributed by atoms with Crippen molar-refractivity contribution in [2.75, 3.05) is 16.2 Å². The highest BCUT2D eigenvalue weighted by Gasteiger charge is 2.24. The number of fused-ring (bicyclic) bond motifs is 1. The topological polar surface area (TPSA) is 66.5 Å². The molecule has 1 heterocycles. The van der Waals surface area contributed by atoms with E-state index in [-0.39, 0.29) is 10.8 Å². The molecule has 1 aliphatic rings. The maximum atomic E-state index is 13.1. The Morgan fingerprint density at radius 1 is 0.966 bits per heavy atom. The van der Waals surface area contributed by atoms with Gasteiger partial charge < -0.3 is 4.90 Å². The van der Waals surface area contributed by atoms with Crippen LogP contribution in [0.4, 0.5) is 15.8 Å². The molecule has 3 aromatic carbocycles. The summed E-state index contributed by atoms with van der Waals surface area (Å²) in [5.74, 6) is -0.627. The molecule has 0 spiro atoms. The van der Waals surface area contributed by atoms with E-state index in [1.54, 1.807) is 29.2 Å². The van der Waals surface area contributed by atoms with Crippen molar-refractivity contribution in [1.82, 2.24) is 0 Å². The van der Waals surface area contributed by atoms with Crippen LogP contribution >= 0.6 is 0 Å². The summed E-state index contributed by atoms with van der Waals surface area (Å²) < 4.78 is 40.8. The van der Waals surface area contributed by atoms with Crippen molar-refractivity contribution in [1.29, 1.82) is 0 Å². The Morgan fingerprint density at radius 2 is 1.69 bits per heavy atom. The summed E-state index contributed by atoms with van der Waals surface area (Å²) in [6.07, 6.45) is 1.66. The minimum absolute atomic E-state index is 0.0335. The van der Waals surface area contributed by atoms with E-state index in [2.05, 4.69) is 4.72 Å². The van der Waals surface area contributed by atoms with Gasteiger partial charge in [-0.3, -0.25) is 9.52 Å². The number of hydrogen-bond donors (Lipinski definition) is 1. The average Bonchev–Trinajstić information content (AvgIpc) is 2.73. The quantitative estimate of drug-likeness (QED) is 0.700. The van der Waals surface area contributed by atoms with Crippen LogP contribution in [0.5, 0.6) is 0 Å². The van der Waals surface area contributed by atoms with Gasteiger partial charge in [-0.1, -0.05) is 24.3 Å². The predicted octanol–water partition coefficient (Wildman–Crippen LogP) is 4.22.